The van der Waals surface area contributed by atoms with Crippen molar-refractivity contribution >= 4 is 17.6 Å². The number of hydrogen-bond donors (Lipinski definition) is 2. The van der Waals surface area contributed by atoms with Crippen LogP contribution in [-0.2, 0) is 4.79 Å². The van der Waals surface area contributed by atoms with Crippen LogP contribution in [0.5, 0.6) is 0 Å². The fourth-order valence-corrected chi connectivity index (χ4v) is 2.75. The summed E-state index contributed by atoms with van der Waals surface area (Å²) in [5, 5.41) is 23.2. The summed E-state index contributed by atoms with van der Waals surface area (Å²) in [4.78, 5) is 38.4. The number of carboxylic acids is 1. The number of carbonyl (C=O) groups is 2. The Morgan fingerprint density at radius 1 is 1.35 bits per heavy atom. The van der Waals surface area contributed by atoms with E-state index in [-0.39, 0.29) is 23.4 Å². The maximum atomic E-state index is 12.6. The van der Waals surface area contributed by atoms with Crippen LogP contribution in [0.15, 0.2) is 36.9 Å². The topological polar surface area (TPSA) is 127 Å². The van der Waals surface area contributed by atoms with Gasteiger partial charge in [-0.25, -0.2) is 4.98 Å². The molecule has 0 atom stereocenters. The summed E-state index contributed by atoms with van der Waals surface area (Å²) in [7, 11) is 0. The van der Waals surface area contributed by atoms with Gasteiger partial charge in [0, 0.05) is 24.0 Å². The summed E-state index contributed by atoms with van der Waals surface area (Å²) >= 11 is 0. The lowest BCUT2D eigenvalue weighted by Crippen LogP contribution is -2.49. The summed E-state index contributed by atoms with van der Waals surface area (Å²) in [6.45, 7) is 3.58. The van der Waals surface area contributed by atoms with Crippen LogP contribution in [0.3, 0.4) is 0 Å². The lowest BCUT2D eigenvalue weighted by Gasteiger charge is -2.31. The zero-order valence-electron chi connectivity index (χ0n) is 14.5. The first-order valence-electron chi connectivity index (χ1n) is 8.13. The number of amides is 1. The maximum absolute atomic E-state index is 12.6. The molecule has 9 heteroatoms. The van der Waals surface area contributed by atoms with Crippen molar-refractivity contribution in [3.63, 3.8) is 0 Å². The van der Waals surface area contributed by atoms with Gasteiger partial charge in [0.05, 0.1) is 23.2 Å². The number of nitrogens with zero attached hydrogens (tertiary/aromatic N) is 3. The number of nitro benzene ring substituents is 1. The number of nitrogens with one attached hydrogen (secondary N) is 1. The summed E-state index contributed by atoms with van der Waals surface area (Å²) in [5.41, 5.74) is -0.766. The van der Waals surface area contributed by atoms with Gasteiger partial charge in [-0.2, -0.15) is 0 Å². The molecule has 0 aliphatic rings. The Balaban J connectivity index is 2.36. The predicted octanol–water partition coefficient (Wildman–Crippen LogP) is 2.54. The highest BCUT2D eigenvalue weighted by Gasteiger charge is 2.32. The van der Waals surface area contributed by atoms with Gasteiger partial charge in [0.2, 0.25) is 0 Å². The van der Waals surface area contributed by atoms with Crippen LogP contribution in [0.25, 0.3) is 5.69 Å². The van der Waals surface area contributed by atoms with E-state index in [1.807, 2.05) is 0 Å². The molecule has 2 N–H and O–H groups in total. The number of carboxylic acid groups (broad SMARTS) is 1. The summed E-state index contributed by atoms with van der Waals surface area (Å²) in [6.07, 6.45) is 5.11. The highest BCUT2D eigenvalue weighted by atomic mass is 16.6. The molecule has 0 saturated heterocycles. The summed E-state index contributed by atoms with van der Waals surface area (Å²) in [5.74, 6) is -1.56. The third kappa shape index (κ3) is 4.05. The SMILES string of the molecule is CCC(CC)(CC(=O)O)NC(=O)c1ccc(-n2ccnc2)c([N+](=O)[O-])c1. The molecule has 1 amide bonds. The zero-order chi connectivity index (χ0) is 19.3. The Labute approximate surface area is 149 Å². The van der Waals surface area contributed by atoms with Gasteiger partial charge in [0.1, 0.15) is 5.69 Å². The molecular formula is C17H20N4O5. The van der Waals surface area contributed by atoms with Crippen molar-refractivity contribution in [1.82, 2.24) is 14.9 Å². The van der Waals surface area contributed by atoms with Gasteiger partial charge < -0.3 is 15.0 Å². The van der Waals surface area contributed by atoms with E-state index in [9.17, 15) is 19.7 Å². The largest absolute Gasteiger partial charge is 0.481 e. The average Bonchev–Trinajstić information content (AvgIpc) is 3.14. The van der Waals surface area contributed by atoms with Crippen LogP contribution in [0.2, 0.25) is 0 Å². The van der Waals surface area contributed by atoms with E-state index in [2.05, 4.69) is 10.3 Å². The quantitative estimate of drug-likeness (QED) is 0.550. The molecule has 0 aliphatic carbocycles. The first kappa shape index (κ1) is 19.1. The number of rotatable bonds is 8. The van der Waals surface area contributed by atoms with Gasteiger partial charge in [-0.15, -0.1) is 0 Å². The Hall–Kier alpha value is -3.23. The van der Waals surface area contributed by atoms with Gasteiger partial charge in [0.15, 0.2) is 0 Å². The fourth-order valence-electron chi connectivity index (χ4n) is 2.75. The minimum Gasteiger partial charge on any atom is -0.481 e. The third-order valence-corrected chi connectivity index (χ3v) is 4.44. The smallest absolute Gasteiger partial charge is 0.305 e. The van der Waals surface area contributed by atoms with Gasteiger partial charge in [-0.1, -0.05) is 13.8 Å². The van der Waals surface area contributed by atoms with Gasteiger partial charge in [-0.3, -0.25) is 19.7 Å². The number of hydrogen-bond acceptors (Lipinski definition) is 5. The molecule has 0 aliphatic heterocycles. The molecule has 0 bridgehead atoms. The molecule has 0 radical (unpaired) electrons. The van der Waals surface area contributed by atoms with Crippen LogP contribution < -0.4 is 5.32 Å². The molecule has 0 unspecified atom stereocenters. The highest BCUT2D eigenvalue weighted by Crippen LogP contribution is 2.26. The van der Waals surface area contributed by atoms with E-state index in [1.54, 1.807) is 20.0 Å². The molecule has 0 fully saturated rings. The molecule has 138 valence electrons. The van der Waals surface area contributed by atoms with Crippen molar-refractivity contribution < 1.29 is 19.6 Å². The van der Waals surface area contributed by atoms with Crippen LogP contribution >= 0.6 is 0 Å². The van der Waals surface area contributed by atoms with Gasteiger partial charge in [-0.05, 0) is 25.0 Å². The number of imidazole rings is 1. The van der Waals surface area contributed by atoms with Crippen molar-refractivity contribution in [3.05, 3.63) is 52.6 Å². The molecule has 1 aromatic heterocycles. The third-order valence-electron chi connectivity index (χ3n) is 4.44. The van der Waals surface area contributed by atoms with Gasteiger partial charge >= 0.3 is 5.97 Å². The first-order chi connectivity index (χ1) is 12.3. The van der Waals surface area contributed by atoms with Crippen molar-refractivity contribution in [1.29, 1.82) is 0 Å². The van der Waals surface area contributed by atoms with Crippen molar-refractivity contribution in [3.8, 4) is 5.69 Å². The van der Waals surface area contributed by atoms with Crippen molar-refractivity contribution in [2.75, 3.05) is 0 Å². The second-order valence-electron chi connectivity index (χ2n) is 5.94. The maximum Gasteiger partial charge on any atom is 0.305 e. The standard InChI is InChI=1S/C17H20N4O5/c1-3-17(4-2,10-15(22)23)19-16(24)12-5-6-13(14(9-12)21(25)26)20-8-7-18-11-20/h5-9,11H,3-4,10H2,1-2H3,(H,19,24)(H,22,23). The number of aromatic nitrogens is 2. The summed E-state index contributed by atoms with van der Waals surface area (Å²) in [6, 6.07) is 4.11. The molecule has 26 heavy (non-hydrogen) atoms. The zero-order valence-corrected chi connectivity index (χ0v) is 14.5. The Bertz CT molecular complexity index is 813. The second-order valence-corrected chi connectivity index (χ2v) is 5.94. The van der Waals surface area contributed by atoms with E-state index in [0.29, 0.717) is 12.8 Å². The first-order valence-corrected chi connectivity index (χ1v) is 8.13. The molecule has 1 aromatic carbocycles. The number of aliphatic carboxylic acids is 1. The lowest BCUT2D eigenvalue weighted by molar-refractivity contribution is -0.384. The van der Waals surface area contributed by atoms with Crippen LogP contribution in [0.4, 0.5) is 5.69 Å². The van der Waals surface area contributed by atoms with Crippen LogP contribution in [0.1, 0.15) is 43.5 Å². The van der Waals surface area contributed by atoms with Crippen molar-refractivity contribution in [2.45, 2.75) is 38.6 Å². The van der Waals surface area contributed by atoms with Crippen LogP contribution in [0, 0.1) is 10.1 Å². The average molecular weight is 360 g/mol. The minimum absolute atomic E-state index is 0.0947. The summed E-state index contributed by atoms with van der Waals surface area (Å²) < 4.78 is 1.48. The monoisotopic (exact) mass is 360 g/mol. The highest BCUT2D eigenvalue weighted by molar-refractivity contribution is 5.96. The molecule has 2 rings (SSSR count). The lowest BCUT2D eigenvalue weighted by atomic mass is 9.88. The van der Waals surface area contributed by atoms with E-state index < -0.39 is 22.3 Å². The van der Waals surface area contributed by atoms with E-state index >= 15 is 0 Å². The van der Waals surface area contributed by atoms with E-state index in [0.717, 1.165) is 0 Å². The van der Waals surface area contributed by atoms with Crippen molar-refractivity contribution in [2.24, 2.45) is 0 Å². The number of carbonyl (C=O) groups excluding carboxylic acids is 1. The fraction of sp³-hybridized carbons (Fsp3) is 0.353. The number of benzene rings is 1. The number of nitro groups is 1. The Morgan fingerprint density at radius 2 is 2.04 bits per heavy atom. The predicted molar refractivity (Wildman–Crippen MR) is 93.3 cm³/mol. The molecular weight excluding hydrogens is 340 g/mol. The molecule has 9 nitrogen and oxygen atoms in total. The normalized spacial score (nSPS) is 11.2. The molecule has 2 aromatic rings. The van der Waals surface area contributed by atoms with Crippen LogP contribution in [-0.4, -0.2) is 37.0 Å². The molecule has 0 spiro atoms. The Morgan fingerprint density at radius 3 is 2.54 bits per heavy atom. The van der Waals surface area contributed by atoms with E-state index in [4.69, 9.17) is 5.11 Å². The minimum atomic E-state index is -1.02. The Kier molecular flexibility index (Phi) is 5.71. The van der Waals surface area contributed by atoms with Gasteiger partial charge in [0.25, 0.3) is 11.6 Å². The molecule has 1 heterocycles. The second kappa shape index (κ2) is 7.77. The molecule has 0 saturated carbocycles. The van der Waals surface area contributed by atoms with E-state index in [1.165, 1.54) is 35.3 Å².